The van der Waals surface area contributed by atoms with Gasteiger partial charge in [0.05, 0.1) is 11.7 Å². The van der Waals surface area contributed by atoms with Crippen molar-refractivity contribution < 1.29 is 9.59 Å². The molecule has 1 saturated heterocycles. The van der Waals surface area contributed by atoms with E-state index in [1.165, 1.54) is 6.92 Å². The normalized spacial score (nSPS) is 17.1. The van der Waals surface area contributed by atoms with Crippen molar-refractivity contribution >= 4 is 11.8 Å². The SMILES string of the molecule is CC(=O)NCc1ccc(C2CCCN2C(=O)c2nccn2C)nc1. The number of nitrogens with one attached hydrogen (secondary N) is 1. The predicted octanol–water partition coefficient (Wildman–Crippen LogP) is 1.43. The summed E-state index contributed by atoms with van der Waals surface area (Å²) in [5.41, 5.74) is 1.82. The van der Waals surface area contributed by atoms with Gasteiger partial charge in [0, 0.05) is 45.7 Å². The van der Waals surface area contributed by atoms with Crippen LogP contribution in [0.4, 0.5) is 0 Å². The Bertz CT molecular complexity index is 738. The molecule has 3 rings (SSSR count). The van der Waals surface area contributed by atoms with E-state index in [0.717, 1.165) is 24.1 Å². The third-order valence-electron chi connectivity index (χ3n) is 4.26. The van der Waals surface area contributed by atoms with Gasteiger partial charge in [-0.05, 0) is 24.5 Å². The topological polar surface area (TPSA) is 80.1 Å². The van der Waals surface area contributed by atoms with E-state index >= 15 is 0 Å². The van der Waals surface area contributed by atoms with Crippen molar-refractivity contribution in [2.45, 2.75) is 32.4 Å². The fourth-order valence-electron chi connectivity index (χ4n) is 2.98. The number of rotatable bonds is 4. The molecule has 1 atom stereocenters. The zero-order valence-electron chi connectivity index (χ0n) is 13.9. The molecule has 3 heterocycles. The molecule has 2 aromatic rings. The minimum Gasteiger partial charge on any atom is -0.352 e. The number of hydrogen-bond acceptors (Lipinski definition) is 4. The number of carbonyl (C=O) groups is 2. The smallest absolute Gasteiger partial charge is 0.290 e. The van der Waals surface area contributed by atoms with Crippen LogP contribution in [0.15, 0.2) is 30.7 Å². The van der Waals surface area contributed by atoms with Crippen LogP contribution in [0.25, 0.3) is 0 Å². The molecular formula is C17H21N5O2. The van der Waals surface area contributed by atoms with Gasteiger partial charge < -0.3 is 14.8 Å². The van der Waals surface area contributed by atoms with E-state index in [2.05, 4.69) is 15.3 Å². The standard InChI is InChI=1S/C17H21N5O2/c1-12(23)19-10-13-5-6-14(20-11-13)15-4-3-8-22(15)17(24)16-18-7-9-21(16)2/h5-7,9,11,15H,3-4,8,10H2,1-2H3,(H,19,23). The number of aryl methyl sites for hydroxylation is 1. The van der Waals surface area contributed by atoms with Gasteiger partial charge in [-0.2, -0.15) is 0 Å². The average Bonchev–Trinajstić information content (AvgIpc) is 3.21. The van der Waals surface area contributed by atoms with E-state index in [-0.39, 0.29) is 17.9 Å². The lowest BCUT2D eigenvalue weighted by Gasteiger charge is -2.24. The first-order valence-electron chi connectivity index (χ1n) is 8.04. The van der Waals surface area contributed by atoms with Gasteiger partial charge in [0.2, 0.25) is 5.91 Å². The van der Waals surface area contributed by atoms with Crippen molar-refractivity contribution in [2.24, 2.45) is 7.05 Å². The fraction of sp³-hybridized carbons (Fsp3) is 0.412. The van der Waals surface area contributed by atoms with Crippen LogP contribution < -0.4 is 5.32 Å². The Balaban J connectivity index is 1.74. The van der Waals surface area contributed by atoms with Crippen LogP contribution in [-0.2, 0) is 18.4 Å². The number of carbonyl (C=O) groups excluding carboxylic acids is 2. The first kappa shape index (κ1) is 16.2. The second kappa shape index (κ2) is 6.82. The Kier molecular flexibility index (Phi) is 4.59. The van der Waals surface area contributed by atoms with E-state index in [4.69, 9.17) is 0 Å². The van der Waals surface area contributed by atoms with Gasteiger partial charge in [-0.3, -0.25) is 14.6 Å². The summed E-state index contributed by atoms with van der Waals surface area (Å²) >= 11 is 0. The number of likely N-dealkylation sites (tertiary alicyclic amines) is 1. The maximum absolute atomic E-state index is 12.7. The largest absolute Gasteiger partial charge is 0.352 e. The minimum atomic E-state index is -0.0679. The number of nitrogens with zero attached hydrogens (tertiary/aromatic N) is 4. The number of hydrogen-bond donors (Lipinski definition) is 1. The Labute approximate surface area is 140 Å². The highest BCUT2D eigenvalue weighted by Crippen LogP contribution is 2.31. The summed E-state index contributed by atoms with van der Waals surface area (Å²) in [7, 11) is 1.82. The van der Waals surface area contributed by atoms with Crippen LogP contribution in [0.3, 0.4) is 0 Å². The molecule has 2 amide bonds. The van der Waals surface area contributed by atoms with Crippen molar-refractivity contribution in [1.82, 2.24) is 24.8 Å². The third kappa shape index (κ3) is 3.29. The summed E-state index contributed by atoms with van der Waals surface area (Å²) in [5, 5.41) is 2.75. The average molecular weight is 327 g/mol. The van der Waals surface area contributed by atoms with E-state index < -0.39 is 0 Å². The molecule has 0 spiro atoms. The van der Waals surface area contributed by atoms with E-state index in [0.29, 0.717) is 18.9 Å². The van der Waals surface area contributed by atoms with Crippen molar-refractivity contribution in [1.29, 1.82) is 0 Å². The second-order valence-electron chi connectivity index (χ2n) is 6.02. The summed E-state index contributed by atoms with van der Waals surface area (Å²) in [6.45, 7) is 2.66. The molecule has 126 valence electrons. The lowest BCUT2D eigenvalue weighted by Crippen LogP contribution is -2.32. The first-order chi connectivity index (χ1) is 11.6. The predicted molar refractivity (Wildman–Crippen MR) is 88.0 cm³/mol. The zero-order chi connectivity index (χ0) is 17.1. The monoisotopic (exact) mass is 327 g/mol. The highest BCUT2D eigenvalue weighted by molar-refractivity contribution is 5.91. The Morgan fingerprint density at radius 2 is 2.17 bits per heavy atom. The number of imidazole rings is 1. The van der Waals surface area contributed by atoms with Crippen LogP contribution in [0, 0.1) is 0 Å². The van der Waals surface area contributed by atoms with Gasteiger partial charge in [0.25, 0.3) is 5.91 Å². The lowest BCUT2D eigenvalue weighted by atomic mass is 10.1. The summed E-state index contributed by atoms with van der Waals surface area (Å²) < 4.78 is 1.74. The van der Waals surface area contributed by atoms with Crippen LogP contribution >= 0.6 is 0 Å². The fourth-order valence-corrected chi connectivity index (χ4v) is 2.98. The maximum Gasteiger partial charge on any atom is 0.290 e. The summed E-state index contributed by atoms with van der Waals surface area (Å²) in [5.74, 6) is 0.319. The highest BCUT2D eigenvalue weighted by Gasteiger charge is 2.33. The molecule has 1 aliphatic rings. The van der Waals surface area contributed by atoms with Crippen LogP contribution in [0.2, 0.25) is 0 Å². The van der Waals surface area contributed by atoms with Crippen LogP contribution in [0.1, 0.15) is 47.7 Å². The van der Waals surface area contributed by atoms with Crippen molar-refractivity contribution in [3.8, 4) is 0 Å². The van der Waals surface area contributed by atoms with Crippen molar-refractivity contribution in [3.05, 3.63) is 47.8 Å². The molecule has 1 fully saturated rings. The molecule has 1 unspecified atom stereocenters. The second-order valence-corrected chi connectivity index (χ2v) is 6.02. The van der Waals surface area contributed by atoms with Gasteiger partial charge >= 0.3 is 0 Å². The summed E-state index contributed by atoms with van der Waals surface area (Å²) in [6.07, 6.45) is 7.01. The van der Waals surface area contributed by atoms with Crippen molar-refractivity contribution in [3.63, 3.8) is 0 Å². The van der Waals surface area contributed by atoms with Gasteiger partial charge in [0.1, 0.15) is 0 Å². The molecule has 1 aliphatic heterocycles. The van der Waals surface area contributed by atoms with Crippen molar-refractivity contribution in [2.75, 3.05) is 6.54 Å². The molecule has 0 saturated carbocycles. The Morgan fingerprint density at radius 1 is 1.33 bits per heavy atom. The van der Waals surface area contributed by atoms with E-state index in [1.807, 2.05) is 24.1 Å². The Morgan fingerprint density at radius 3 is 2.79 bits per heavy atom. The molecule has 2 aromatic heterocycles. The molecule has 7 nitrogen and oxygen atoms in total. The Hall–Kier alpha value is -2.70. The van der Waals surface area contributed by atoms with Gasteiger partial charge in [0.15, 0.2) is 5.82 Å². The van der Waals surface area contributed by atoms with Gasteiger partial charge in [-0.15, -0.1) is 0 Å². The first-order valence-corrected chi connectivity index (χ1v) is 8.04. The van der Waals surface area contributed by atoms with Crippen LogP contribution in [-0.4, -0.2) is 37.8 Å². The minimum absolute atomic E-state index is 0.0241. The third-order valence-corrected chi connectivity index (χ3v) is 4.26. The number of amides is 2. The lowest BCUT2D eigenvalue weighted by molar-refractivity contribution is -0.119. The molecule has 7 heteroatoms. The highest BCUT2D eigenvalue weighted by atomic mass is 16.2. The molecule has 0 aromatic carbocycles. The molecule has 0 aliphatic carbocycles. The maximum atomic E-state index is 12.7. The van der Waals surface area contributed by atoms with E-state index in [9.17, 15) is 9.59 Å². The molecule has 24 heavy (non-hydrogen) atoms. The quantitative estimate of drug-likeness (QED) is 0.921. The van der Waals surface area contributed by atoms with Gasteiger partial charge in [-0.1, -0.05) is 6.07 Å². The van der Waals surface area contributed by atoms with E-state index in [1.54, 1.807) is 23.2 Å². The molecule has 0 radical (unpaired) electrons. The number of aromatic nitrogens is 3. The molecule has 0 bridgehead atoms. The summed E-state index contributed by atoms with van der Waals surface area (Å²) in [4.78, 5) is 34.2. The zero-order valence-corrected chi connectivity index (χ0v) is 13.9. The molecule has 1 N–H and O–H groups in total. The van der Waals surface area contributed by atoms with Gasteiger partial charge in [-0.25, -0.2) is 4.98 Å². The summed E-state index contributed by atoms with van der Waals surface area (Å²) in [6, 6.07) is 3.86. The van der Waals surface area contributed by atoms with Crippen LogP contribution in [0.5, 0.6) is 0 Å². The molecular weight excluding hydrogens is 306 g/mol. The number of pyridine rings is 1.